The third kappa shape index (κ3) is 4.63. The molecule has 1 aliphatic rings. The monoisotopic (exact) mass is 273 g/mol. The van der Waals surface area contributed by atoms with Crippen LogP contribution in [0.4, 0.5) is 0 Å². The van der Waals surface area contributed by atoms with Gasteiger partial charge in [-0.15, -0.1) is 0 Å². The lowest BCUT2D eigenvalue weighted by atomic mass is 9.81. The summed E-state index contributed by atoms with van der Waals surface area (Å²) >= 11 is 0. The summed E-state index contributed by atoms with van der Waals surface area (Å²) in [5, 5.41) is 3.72. The Morgan fingerprint density at radius 2 is 1.85 bits per heavy atom. The van der Waals surface area contributed by atoms with Crippen LogP contribution in [0.3, 0.4) is 0 Å². The fourth-order valence-corrected chi connectivity index (χ4v) is 3.70. The van der Waals surface area contributed by atoms with Crippen molar-refractivity contribution in [1.82, 2.24) is 5.32 Å². The van der Waals surface area contributed by atoms with Crippen LogP contribution in [-0.4, -0.2) is 6.54 Å². The smallest absolute Gasteiger partial charge is 0.0291 e. The van der Waals surface area contributed by atoms with Crippen LogP contribution in [0.5, 0.6) is 0 Å². The predicted octanol–water partition coefficient (Wildman–Crippen LogP) is 5.17. The molecule has 3 atom stereocenters. The van der Waals surface area contributed by atoms with Crippen molar-refractivity contribution in [3.05, 3.63) is 34.9 Å². The maximum absolute atomic E-state index is 3.72. The van der Waals surface area contributed by atoms with E-state index < -0.39 is 0 Å². The summed E-state index contributed by atoms with van der Waals surface area (Å²) in [4.78, 5) is 0. The summed E-state index contributed by atoms with van der Waals surface area (Å²) in [6.45, 7) is 10.2. The first-order valence-electron chi connectivity index (χ1n) is 8.36. The summed E-state index contributed by atoms with van der Waals surface area (Å²) in [6.07, 6.45) is 7.13. The van der Waals surface area contributed by atoms with E-state index in [1.165, 1.54) is 48.8 Å². The van der Waals surface area contributed by atoms with Crippen LogP contribution < -0.4 is 5.32 Å². The molecule has 2 rings (SSSR count). The minimum absolute atomic E-state index is 0.467. The first-order valence-corrected chi connectivity index (χ1v) is 8.36. The number of hydrogen-bond donors (Lipinski definition) is 1. The van der Waals surface area contributed by atoms with Crippen LogP contribution in [-0.2, 0) is 0 Å². The van der Waals surface area contributed by atoms with Gasteiger partial charge >= 0.3 is 0 Å². The number of benzene rings is 1. The molecule has 0 heterocycles. The fraction of sp³-hybridized carbons (Fsp3) is 0.684. The lowest BCUT2D eigenvalue weighted by Crippen LogP contribution is -2.24. The second kappa shape index (κ2) is 7.26. The normalized spacial score (nSPS) is 24.6. The molecule has 1 fully saturated rings. The molecular weight excluding hydrogens is 242 g/mol. The molecular formula is C19H31N. The van der Waals surface area contributed by atoms with E-state index in [2.05, 4.69) is 51.2 Å². The Labute approximate surface area is 125 Å². The highest BCUT2D eigenvalue weighted by Crippen LogP contribution is 2.30. The average molecular weight is 273 g/mol. The molecule has 1 aromatic rings. The van der Waals surface area contributed by atoms with Gasteiger partial charge in [0, 0.05) is 6.04 Å². The summed E-state index contributed by atoms with van der Waals surface area (Å²) in [6, 6.07) is 7.34. The molecule has 0 aromatic heterocycles. The van der Waals surface area contributed by atoms with Crippen molar-refractivity contribution >= 4 is 0 Å². The molecule has 1 heteroatoms. The van der Waals surface area contributed by atoms with Gasteiger partial charge in [-0.3, -0.25) is 0 Å². The molecule has 1 aliphatic carbocycles. The number of hydrogen-bond acceptors (Lipinski definition) is 1. The van der Waals surface area contributed by atoms with Crippen molar-refractivity contribution in [3.8, 4) is 0 Å². The van der Waals surface area contributed by atoms with Gasteiger partial charge in [-0.25, -0.2) is 0 Å². The summed E-state index contributed by atoms with van der Waals surface area (Å²) in [7, 11) is 0. The van der Waals surface area contributed by atoms with Gasteiger partial charge in [-0.2, -0.15) is 0 Å². The molecule has 0 amide bonds. The van der Waals surface area contributed by atoms with Crippen molar-refractivity contribution < 1.29 is 0 Å². The van der Waals surface area contributed by atoms with Gasteiger partial charge in [0.2, 0.25) is 0 Å². The zero-order valence-electron chi connectivity index (χ0n) is 13.7. The first-order chi connectivity index (χ1) is 9.54. The molecule has 0 bridgehead atoms. The van der Waals surface area contributed by atoms with Gasteiger partial charge in [-0.1, -0.05) is 55.5 Å². The van der Waals surface area contributed by atoms with Crippen LogP contribution in [0, 0.1) is 25.7 Å². The van der Waals surface area contributed by atoms with Gasteiger partial charge in [0.05, 0.1) is 0 Å². The Bertz CT molecular complexity index is 404. The van der Waals surface area contributed by atoms with Crippen molar-refractivity contribution in [2.45, 2.75) is 65.8 Å². The maximum atomic E-state index is 3.72. The van der Waals surface area contributed by atoms with Gasteiger partial charge in [0.25, 0.3) is 0 Å². The average Bonchev–Trinajstić information content (AvgIpc) is 2.37. The first kappa shape index (κ1) is 15.6. The summed E-state index contributed by atoms with van der Waals surface area (Å²) in [5.41, 5.74) is 4.17. The van der Waals surface area contributed by atoms with Crippen molar-refractivity contribution in [2.75, 3.05) is 6.54 Å². The molecule has 1 aromatic carbocycles. The minimum atomic E-state index is 0.467. The SMILES string of the molecule is Cc1cc(C)cc(C(C)NCCC2CCCC(C)C2)c1. The van der Waals surface area contributed by atoms with E-state index in [1.807, 2.05) is 0 Å². The number of aryl methyl sites for hydroxylation is 2. The largest absolute Gasteiger partial charge is 0.310 e. The number of nitrogens with one attached hydrogen (secondary N) is 1. The van der Waals surface area contributed by atoms with Crippen LogP contribution in [0.15, 0.2) is 18.2 Å². The molecule has 3 unspecified atom stereocenters. The Balaban J connectivity index is 1.78. The summed E-state index contributed by atoms with van der Waals surface area (Å²) in [5.74, 6) is 1.91. The minimum Gasteiger partial charge on any atom is -0.310 e. The Hall–Kier alpha value is -0.820. The van der Waals surface area contributed by atoms with Crippen molar-refractivity contribution in [3.63, 3.8) is 0 Å². The molecule has 1 nitrogen and oxygen atoms in total. The van der Waals surface area contributed by atoms with Gasteiger partial charge < -0.3 is 5.32 Å². The molecule has 20 heavy (non-hydrogen) atoms. The van der Waals surface area contributed by atoms with Gasteiger partial charge in [-0.05, 0) is 57.6 Å². The van der Waals surface area contributed by atoms with Gasteiger partial charge in [0.1, 0.15) is 0 Å². The number of rotatable bonds is 5. The predicted molar refractivity (Wildman–Crippen MR) is 88.1 cm³/mol. The zero-order valence-corrected chi connectivity index (χ0v) is 13.7. The second-order valence-corrected chi connectivity index (χ2v) is 7.02. The third-order valence-electron chi connectivity index (χ3n) is 4.79. The zero-order chi connectivity index (χ0) is 14.5. The standard InChI is InChI=1S/C19H31N/c1-14-6-5-7-18(11-14)8-9-20-17(4)19-12-15(2)10-16(3)13-19/h10,12-14,17-18,20H,5-9,11H2,1-4H3. The molecule has 0 saturated heterocycles. The van der Waals surface area contributed by atoms with E-state index >= 15 is 0 Å². The van der Waals surface area contributed by atoms with E-state index in [0.717, 1.165) is 18.4 Å². The molecule has 0 aliphatic heterocycles. The Kier molecular flexibility index (Phi) is 5.65. The maximum Gasteiger partial charge on any atom is 0.0291 e. The molecule has 1 saturated carbocycles. The van der Waals surface area contributed by atoms with E-state index in [0.29, 0.717) is 6.04 Å². The van der Waals surface area contributed by atoms with Gasteiger partial charge in [0.15, 0.2) is 0 Å². The van der Waals surface area contributed by atoms with Crippen LogP contribution in [0.1, 0.15) is 68.7 Å². The van der Waals surface area contributed by atoms with E-state index in [9.17, 15) is 0 Å². The highest BCUT2D eigenvalue weighted by Gasteiger charge is 2.18. The van der Waals surface area contributed by atoms with Crippen LogP contribution in [0.25, 0.3) is 0 Å². The second-order valence-electron chi connectivity index (χ2n) is 7.02. The van der Waals surface area contributed by atoms with E-state index in [1.54, 1.807) is 0 Å². The fourth-order valence-electron chi connectivity index (χ4n) is 3.70. The van der Waals surface area contributed by atoms with Crippen LogP contribution in [0.2, 0.25) is 0 Å². The summed E-state index contributed by atoms with van der Waals surface area (Å²) < 4.78 is 0. The van der Waals surface area contributed by atoms with Crippen molar-refractivity contribution in [1.29, 1.82) is 0 Å². The lowest BCUT2D eigenvalue weighted by molar-refractivity contribution is 0.265. The Morgan fingerprint density at radius 1 is 1.15 bits per heavy atom. The highest BCUT2D eigenvalue weighted by atomic mass is 14.9. The third-order valence-corrected chi connectivity index (χ3v) is 4.79. The Morgan fingerprint density at radius 3 is 2.50 bits per heavy atom. The quantitative estimate of drug-likeness (QED) is 0.780. The molecule has 1 N–H and O–H groups in total. The molecule has 0 radical (unpaired) electrons. The highest BCUT2D eigenvalue weighted by molar-refractivity contribution is 5.30. The van der Waals surface area contributed by atoms with Crippen LogP contribution >= 0.6 is 0 Å². The van der Waals surface area contributed by atoms with Crippen molar-refractivity contribution in [2.24, 2.45) is 11.8 Å². The topological polar surface area (TPSA) is 12.0 Å². The molecule has 112 valence electrons. The van der Waals surface area contributed by atoms with E-state index in [4.69, 9.17) is 0 Å². The lowest BCUT2D eigenvalue weighted by Gasteiger charge is -2.27. The molecule has 0 spiro atoms. The van der Waals surface area contributed by atoms with E-state index in [-0.39, 0.29) is 0 Å².